The SMILES string of the molecule is CN(CC1CCCCO1)C(=O)CCc1nnc(CCc2c[nH]c3ccccc23)o1. The topological polar surface area (TPSA) is 84.2 Å². The van der Waals surface area contributed by atoms with Crippen LogP contribution in [0, 0.1) is 0 Å². The number of fused-ring (bicyclic) bond motifs is 1. The number of carbonyl (C=O) groups excluding carboxylic acids is 1. The molecular weight excluding hydrogens is 368 g/mol. The maximum atomic E-state index is 12.4. The van der Waals surface area contributed by atoms with Crippen LogP contribution in [0.15, 0.2) is 34.9 Å². The first-order valence-corrected chi connectivity index (χ1v) is 10.4. The van der Waals surface area contributed by atoms with Crippen molar-refractivity contribution in [1.29, 1.82) is 0 Å². The highest BCUT2D eigenvalue weighted by Crippen LogP contribution is 2.19. The predicted molar refractivity (Wildman–Crippen MR) is 110 cm³/mol. The number of amides is 1. The van der Waals surface area contributed by atoms with Crippen LogP contribution in [0.25, 0.3) is 10.9 Å². The smallest absolute Gasteiger partial charge is 0.222 e. The van der Waals surface area contributed by atoms with Gasteiger partial charge in [0.1, 0.15) is 0 Å². The Labute approximate surface area is 170 Å². The Morgan fingerprint density at radius 1 is 1.17 bits per heavy atom. The van der Waals surface area contributed by atoms with Gasteiger partial charge in [-0.3, -0.25) is 4.79 Å². The van der Waals surface area contributed by atoms with E-state index in [1.165, 1.54) is 17.4 Å². The van der Waals surface area contributed by atoms with E-state index < -0.39 is 0 Å². The lowest BCUT2D eigenvalue weighted by atomic mass is 10.1. The van der Waals surface area contributed by atoms with Crippen molar-refractivity contribution in [1.82, 2.24) is 20.1 Å². The number of aromatic amines is 1. The molecule has 29 heavy (non-hydrogen) atoms. The summed E-state index contributed by atoms with van der Waals surface area (Å²) in [5, 5.41) is 9.47. The molecule has 1 unspecified atom stereocenters. The fraction of sp³-hybridized carbons (Fsp3) is 0.500. The summed E-state index contributed by atoms with van der Waals surface area (Å²) in [7, 11) is 1.83. The molecule has 154 valence electrons. The number of rotatable bonds is 8. The molecule has 1 N–H and O–H groups in total. The Morgan fingerprint density at radius 3 is 2.83 bits per heavy atom. The van der Waals surface area contributed by atoms with Gasteiger partial charge in [-0.2, -0.15) is 0 Å². The zero-order chi connectivity index (χ0) is 20.1. The van der Waals surface area contributed by atoms with Crippen molar-refractivity contribution in [3.05, 3.63) is 47.8 Å². The van der Waals surface area contributed by atoms with Crippen molar-refractivity contribution in [3.63, 3.8) is 0 Å². The normalized spacial score (nSPS) is 16.9. The maximum Gasteiger partial charge on any atom is 0.222 e. The molecule has 1 aromatic carbocycles. The van der Waals surface area contributed by atoms with Crippen molar-refractivity contribution in [3.8, 4) is 0 Å². The summed E-state index contributed by atoms with van der Waals surface area (Å²) in [4.78, 5) is 17.4. The van der Waals surface area contributed by atoms with E-state index in [0.717, 1.165) is 31.4 Å². The Kier molecular flexibility index (Phi) is 6.24. The van der Waals surface area contributed by atoms with Gasteiger partial charge in [0.25, 0.3) is 0 Å². The van der Waals surface area contributed by atoms with Gasteiger partial charge in [0.05, 0.1) is 6.10 Å². The Bertz CT molecular complexity index is 942. The second kappa shape index (κ2) is 9.22. The zero-order valence-electron chi connectivity index (χ0n) is 16.9. The minimum atomic E-state index is 0.0812. The third-order valence-electron chi connectivity index (χ3n) is 5.52. The summed E-state index contributed by atoms with van der Waals surface area (Å²) in [6, 6.07) is 8.24. The fourth-order valence-corrected chi connectivity index (χ4v) is 3.83. The van der Waals surface area contributed by atoms with Crippen LogP contribution in [0.5, 0.6) is 0 Å². The summed E-state index contributed by atoms with van der Waals surface area (Å²) in [6.07, 6.45) is 7.87. The van der Waals surface area contributed by atoms with Crippen LogP contribution >= 0.6 is 0 Å². The Hall–Kier alpha value is -2.67. The molecule has 4 rings (SSSR count). The van der Waals surface area contributed by atoms with Gasteiger partial charge in [-0.25, -0.2) is 0 Å². The molecule has 7 heteroatoms. The summed E-state index contributed by atoms with van der Waals surface area (Å²) in [5.74, 6) is 1.22. The van der Waals surface area contributed by atoms with Crippen molar-refractivity contribution < 1.29 is 13.9 Å². The molecule has 3 heterocycles. The third kappa shape index (κ3) is 5.03. The van der Waals surface area contributed by atoms with Crippen LogP contribution in [0.3, 0.4) is 0 Å². The first-order valence-electron chi connectivity index (χ1n) is 10.4. The summed E-state index contributed by atoms with van der Waals surface area (Å²) >= 11 is 0. The molecule has 3 aromatic rings. The average molecular weight is 396 g/mol. The van der Waals surface area contributed by atoms with Gasteiger partial charge in [0.15, 0.2) is 0 Å². The number of carbonyl (C=O) groups is 1. The van der Waals surface area contributed by atoms with E-state index in [4.69, 9.17) is 9.15 Å². The number of hydrogen-bond donors (Lipinski definition) is 1. The quantitative estimate of drug-likeness (QED) is 0.632. The van der Waals surface area contributed by atoms with Crippen LogP contribution in [0.1, 0.15) is 43.0 Å². The minimum absolute atomic E-state index is 0.0812. The van der Waals surface area contributed by atoms with Gasteiger partial charge in [-0.15, -0.1) is 10.2 Å². The van der Waals surface area contributed by atoms with Gasteiger partial charge in [-0.05, 0) is 37.3 Å². The second-order valence-electron chi connectivity index (χ2n) is 7.71. The molecule has 0 aliphatic carbocycles. The highest BCUT2D eigenvalue weighted by Gasteiger charge is 2.19. The van der Waals surface area contributed by atoms with Crippen LogP contribution in [0.4, 0.5) is 0 Å². The number of para-hydroxylation sites is 1. The van der Waals surface area contributed by atoms with Gasteiger partial charge in [-0.1, -0.05) is 18.2 Å². The molecule has 1 aliphatic heterocycles. The molecule has 2 aromatic heterocycles. The fourth-order valence-electron chi connectivity index (χ4n) is 3.83. The third-order valence-corrected chi connectivity index (χ3v) is 5.52. The first-order chi connectivity index (χ1) is 14.2. The van der Waals surface area contributed by atoms with Crippen LogP contribution in [-0.4, -0.2) is 52.3 Å². The van der Waals surface area contributed by atoms with E-state index in [0.29, 0.717) is 37.6 Å². The number of likely N-dealkylation sites (N-methyl/N-ethyl adjacent to an activating group) is 1. The van der Waals surface area contributed by atoms with E-state index in [1.54, 1.807) is 4.90 Å². The molecule has 1 atom stereocenters. The van der Waals surface area contributed by atoms with E-state index in [1.807, 2.05) is 25.4 Å². The van der Waals surface area contributed by atoms with E-state index in [9.17, 15) is 4.79 Å². The predicted octanol–water partition coefficient (Wildman–Crippen LogP) is 3.30. The van der Waals surface area contributed by atoms with Crippen molar-refractivity contribution in [2.75, 3.05) is 20.2 Å². The zero-order valence-corrected chi connectivity index (χ0v) is 16.9. The van der Waals surface area contributed by atoms with Crippen LogP contribution in [0.2, 0.25) is 0 Å². The van der Waals surface area contributed by atoms with Crippen LogP contribution in [-0.2, 0) is 28.8 Å². The Balaban J connectivity index is 1.24. The minimum Gasteiger partial charge on any atom is -0.425 e. The van der Waals surface area contributed by atoms with Crippen molar-refractivity contribution in [2.24, 2.45) is 0 Å². The monoisotopic (exact) mass is 396 g/mol. The lowest BCUT2D eigenvalue weighted by Crippen LogP contribution is -2.37. The number of nitrogens with one attached hydrogen (secondary N) is 1. The molecule has 0 saturated carbocycles. The molecule has 1 saturated heterocycles. The standard InChI is InChI=1S/C22H28N4O3/c1-26(15-17-6-4-5-13-28-17)22(27)12-11-21-25-24-20(29-21)10-9-16-14-23-19-8-3-2-7-18(16)19/h2-3,7-8,14,17,23H,4-6,9-13,15H2,1H3. The lowest BCUT2D eigenvalue weighted by molar-refractivity contribution is -0.132. The molecule has 1 aliphatic rings. The Morgan fingerprint density at radius 2 is 2.00 bits per heavy atom. The molecule has 0 bridgehead atoms. The molecule has 0 spiro atoms. The molecule has 1 fully saturated rings. The highest BCUT2D eigenvalue weighted by atomic mass is 16.5. The number of hydrogen-bond acceptors (Lipinski definition) is 5. The van der Waals surface area contributed by atoms with Gasteiger partial charge in [0.2, 0.25) is 17.7 Å². The molecule has 7 nitrogen and oxygen atoms in total. The summed E-state index contributed by atoms with van der Waals surface area (Å²) < 4.78 is 11.5. The first kappa shape index (κ1) is 19.6. The number of ether oxygens (including phenoxy) is 1. The van der Waals surface area contributed by atoms with Gasteiger partial charge in [0, 0.05) is 56.6 Å². The molecule has 0 radical (unpaired) electrons. The molecular formula is C22H28N4O3. The average Bonchev–Trinajstić information content (AvgIpc) is 3.38. The maximum absolute atomic E-state index is 12.4. The second-order valence-corrected chi connectivity index (χ2v) is 7.71. The van der Waals surface area contributed by atoms with Crippen LogP contribution < -0.4 is 0 Å². The van der Waals surface area contributed by atoms with Crippen molar-refractivity contribution in [2.45, 2.75) is 51.0 Å². The number of benzene rings is 1. The lowest BCUT2D eigenvalue weighted by Gasteiger charge is -2.27. The number of aromatic nitrogens is 3. The summed E-state index contributed by atoms with van der Waals surface area (Å²) in [5.41, 5.74) is 2.37. The van der Waals surface area contributed by atoms with E-state index in [-0.39, 0.29) is 12.0 Å². The highest BCUT2D eigenvalue weighted by molar-refractivity contribution is 5.83. The van der Waals surface area contributed by atoms with E-state index >= 15 is 0 Å². The summed E-state index contributed by atoms with van der Waals surface area (Å²) in [6.45, 7) is 1.45. The number of H-pyrrole nitrogens is 1. The number of aryl methyl sites for hydroxylation is 3. The van der Waals surface area contributed by atoms with Gasteiger partial charge >= 0.3 is 0 Å². The van der Waals surface area contributed by atoms with E-state index in [2.05, 4.69) is 27.3 Å². The van der Waals surface area contributed by atoms with Crippen molar-refractivity contribution >= 4 is 16.8 Å². The number of nitrogens with zero attached hydrogens (tertiary/aromatic N) is 3. The largest absolute Gasteiger partial charge is 0.425 e. The van der Waals surface area contributed by atoms with Gasteiger partial charge < -0.3 is 19.0 Å². The molecule has 1 amide bonds.